The lowest BCUT2D eigenvalue weighted by Gasteiger charge is -2.22. The fraction of sp³-hybridized carbons (Fsp3) is 0.545. The van der Waals surface area contributed by atoms with E-state index in [-0.39, 0.29) is 35.7 Å². The molecule has 2 rings (SSSR count). The molecular weight excluding hydrogens is 309 g/mol. The second-order valence-corrected chi connectivity index (χ2v) is 5.57. The van der Waals surface area contributed by atoms with Crippen molar-refractivity contribution in [3.8, 4) is 0 Å². The highest BCUT2D eigenvalue weighted by Crippen LogP contribution is 2.29. The molecule has 0 unspecified atom stereocenters. The third kappa shape index (κ3) is 3.90. The van der Waals surface area contributed by atoms with E-state index in [1.807, 2.05) is 0 Å². The fourth-order valence-corrected chi connectivity index (χ4v) is 2.27. The molecule has 0 saturated heterocycles. The Bertz CT molecular complexity index is 558. The van der Waals surface area contributed by atoms with Gasteiger partial charge >= 0.3 is 5.51 Å². The fourth-order valence-electron chi connectivity index (χ4n) is 1.83. The number of alkyl halides is 3. The normalized spacial score (nSPS) is 15.0. The van der Waals surface area contributed by atoms with E-state index in [0.717, 1.165) is 0 Å². The molecule has 2 heterocycles. The Kier molecular flexibility index (Phi) is 4.45. The molecule has 1 N–H and O–H groups in total. The number of rotatable bonds is 4. The summed E-state index contributed by atoms with van der Waals surface area (Å²) >= 11 is -0.202. The maximum atomic E-state index is 11.9. The quantitative estimate of drug-likeness (QED) is 0.838. The first kappa shape index (κ1) is 15.7. The number of carbonyl (C=O) groups is 2. The van der Waals surface area contributed by atoms with Crippen LogP contribution in [0.5, 0.6) is 0 Å². The molecule has 21 heavy (non-hydrogen) atoms. The average Bonchev–Trinajstić information content (AvgIpc) is 2.83. The largest absolute Gasteiger partial charge is 0.441 e. The van der Waals surface area contributed by atoms with E-state index >= 15 is 0 Å². The van der Waals surface area contributed by atoms with Crippen LogP contribution >= 0.6 is 11.8 Å². The standard InChI is InChI=1S/C11H13F3N4O2S/c1-17-3-4-18-8(10(17)20)6-7(16-18)9(19)15-2-5-21-11(12,13)14/h6H,2-5H2,1H3,(H,15,19). The predicted molar refractivity (Wildman–Crippen MR) is 70.0 cm³/mol. The second kappa shape index (κ2) is 5.96. The molecule has 1 aromatic heterocycles. The first-order valence-corrected chi connectivity index (χ1v) is 7.08. The molecule has 6 nitrogen and oxygen atoms in total. The number of hydrogen-bond donors (Lipinski definition) is 1. The van der Waals surface area contributed by atoms with Crippen LogP contribution in [0.2, 0.25) is 0 Å². The van der Waals surface area contributed by atoms with Gasteiger partial charge in [-0.05, 0) is 11.8 Å². The van der Waals surface area contributed by atoms with Crippen molar-refractivity contribution in [3.05, 3.63) is 17.5 Å². The number of fused-ring (bicyclic) bond motifs is 1. The van der Waals surface area contributed by atoms with Gasteiger partial charge in [-0.2, -0.15) is 18.3 Å². The van der Waals surface area contributed by atoms with Crippen LogP contribution < -0.4 is 5.32 Å². The summed E-state index contributed by atoms with van der Waals surface area (Å²) in [6, 6.07) is 1.35. The third-order valence-corrected chi connectivity index (χ3v) is 3.61. The number of hydrogen-bond acceptors (Lipinski definition) is 4. The van der Waals surface area contributed by atoms with Crippen molar-refractivity contribution in [3.63, 3.8) is 0 Å². The number of aromatic nitrogens is 2. The highest BCUT2D eigenvalue weighted by molar-refractivity contribution is 8.00. The van der Waals surface area contributed by atoms with Gasteiger partial charge in [0, 0.05) is 32.0 Å². The Hall–Kier alpha value is -1.71. The molecule has 2 amide bonds. The minimum Gasteiger partial charge on any atom is -0.350 e. The topological polar surface area (TPSA) is 67.2 Å². The third-order valence-electron chi connectivity index (χ3n) is 2.88. The molecular formula is C11H13F3N4O2S. The van der Waals surface area contributed by atoms with Crippen LogP contribution in [0.3, 0.4) is 0 Å². The van der Waals surface area contributed by atoms with Crippen molar-refractivity contribution >= 4 is 23.6 Å². The number of amides is 2. The Morgan fingerprint density at radius 3 is 2.86 bits per heavy atom. The molecule has 116 valence electrons. The van der Waals surface area contributed by atoms with E-state index in [9.17, 15) is 22.8 Å². The number of carbonyl (C=O) groups excluding carboxylic acids is 2. The molecule has 0 bridgehead atoms. The van der Waals surface area contributed by atoms with Crippen molar-refractivity contribution in [2.45, 2.75) is 12.1 Å². The number of halogens is 3. The van der Waals surface area contributed by atoms with Crippen LogP contribution in [0.4, 0.5) is 13.2 Å². The molecule has 0 aromatic carbocycles. The highest BCUT2D eigenvalue weighted by Gasteiger charge is 2.28. The summed E-state index contributed by atoms with van der Waals surface area (Å²) in [4.78, 5) is 25.1. The summed E-state index contributed by atoms with van der Waals surface area (Å²) in [7, 11) is 1.65. The van der Waals surface area contributed by atoms with E-state index in [1.165, 1.54) is 15.6 Å². The van der Waals surface area contributed by atoms with Gasteiger partial charge in [0.25, 0.3) is 11.8 Å². The Morgan fingerprint density at radius 2 is 2.19 bits per heavy atom. The summed E-state index contributed by atoms with van der Waals surface area (Å²) in [5.41, 5.74) is -3.97. The van der Waals surface area contributed by atoms with Gasteiger partial charge in [-0.1, -0.05) is 0 Å². The van der Waals surface area contributed by atoms with Gasteiger partial charge in [0.15, 0.2) is 5.69 Å². The Labute approximate surface area is 122 Å². The lowest BCUT2D eigenvalue weighted by atomic mass is 10.2. The van der Waals surface area contributed by atoms with Crippen LogP contribution in [0, 0.1) is 0 Å². The lowest BCUT2D eigenvalue weighted by Crippen LogP contribution is -2.37. The van der Waals surface area contributed by atoms with E-state index < -0.39 is 11.4 Å². The van der Waals surface area contributed by atoms with Gasteiger partial charge in [-0.25, -0.2) is 0 Å². The van der Waals surface area contributed by atoms with Crippen molar-refractivity contribution in [1.82, 2.24) is 20.0 Å². The SMILES string of the molecule is CN1CCn2nc(C(=O)NCCSC(F)(F)F)cc2C1=O. The monoisotopic (exact) mass is 322 g/mol. The number of thioether (sulfide) groups is 1. The maximum Gasteiger partial charge on any atom is 0.441 e. The van der Waals surface area contributed by atoms with Crippen molar-refractivity contribution in [2.24, 2.45) is 0 Å². The van der Waals surface area contributed by atoms with E-state index in [0.29, 0.717) is 18.8 Å². The van der Waals surface area contributed by atoms with Crippen LogP contribution in [-0.2, 0) is 6.54 Å². The van der Waals surface area contributed by atoms with Gasteiger partial charge in [0.2, 0.25) is 0 Å². The van der Waals surface area contributed by atoms with Gasteiger partial charge in [-0.15, -0.1) is 0 Å². The zero-order valence-corrected chi connectivity index (χ0v) is 11.9. The van der Waals surface area contributed by atoms with Gasteiger partial charge in [0.1, 0.15) is 5.69 Å². The molecule has 0 fully saturated rings. The molecule has 1 aliphatic heterocycles. The minimum atomic E-state index is -4.31. The van der Waals surface area contributed by atoms with E-state index in [4.69, 9.17) is 0 Å². The van der Waals surface area contributed by atoms with Gasteiger partial charge in [-0.3, -0.25) is 14.3 Å². The zero-order chi connectivity index (χ0) is 15.6. The van der Waals surface area contributed by atoms with Crippen molar-refractivity contribution < 1.29 is 22.8 Å². The summed E-state index contributed by atoms with van der Waals surface area (Å²) in [5.74, 6) is -1.10. The van der Waals surface area contributed by atoms with Gasteiger partial charge < -0.3 is 10.2 Å². The zero-order valence-electron chi connectivity index (χ0n) is 11.1. The summed E-state index contributed by atoms with van der Waals surface area (Å²) in [6.07, 6.45) is 0. The van der Waals surface area contributed by atoms with Crippen LogP contribution in [0.15, 0.2) is 6.07 Å². The Morgan fingerprint density at radius 1 is 1.48 bits per heavy atom. The molecule has 1 aromatic rings. The van der Waals surface area contributed by atoms with Gasteiger partial charge in [0.05, 0.1) is 6.54 Å². The summed E-state index contributed by atoms with van der Waals surface area (Å²) < 4.78 is 37.2. The number of nitrogens with zero attached hydrogens (tertiary/aromatic N) is 3. The maximum absolute atomic E-state index is 11.9. The predicted octanol–water partition coefficient (Wildman–Crippen LogP) is 0.952. The Balaban J connectivity index is 1.92. The van der Waals surface area contributed by atoms with Crippen molar-refractivity contribution in [1.29, 1.82) is 0 Å². The molecule has 0 aliphatic carbocycles. The molecule has 0 atom stereocenters. The number of likely N-dealkylation sites (N-methyl/N-ethyl adjacent to an activating group) is 1. The first-order chi connectivity index (χ1) is 9.78. The minimum absolute atomic E-state index is 0.0330. The summed E-state index contributed by atoms with van der Waals surface area (Å²) in [5, 5.41) is 6.34. The molecule has 10 heteroatoms. The highest BCUT2D eigenvalue weighted by atomic mass is 32.2. The molecule has 1 aliphatic rings. The van der Waals surface area contributed by atoms with E-state index in [1.54, 1.807) is 7.05 Å². The van der Waals surface area contributed by atoms with Crippen LogP contribution in [0.25, 0.3) is 0 Å². The van der Waals surface area contributed by atoms with Crippen LogP contribution in [-0.4, -0.2) is 57.9 Å². The first-order valence-electron chi connectivity index (χ1n) is 6.10. The average molecular weight is 322 g/mol. The smallest absolute Gasteiger partial charge is 0.350 e. The molecule has 0 spiro atoms. The van der Waals surface area contributed by atoms with Crippen LogP contribution in [0.1, 0.15) is 21.0 Å². The summed E-state index contributed by atoms with van der Waals surface area (Å²) in [6.45, 7) is 0.852. The molecule has 0 radical (unpaired) electrons. The van der Waals surface area contributed by atoms with E-state index in [2.05, 4.69) is 10.4 Å². The van der Waals surface area contributed by atoms with Crippen molar-refractivity contribution in [2.75, 3.05) is 25.9 Å². The second-order valence-electron chi connectivity index (χ2n) is 4.41. The lowest BCUT2D eigenvalue weighted by molar-refractivity contribution is -0.0327. The number of nitrogens with one attached hydrogen (secondary N) is 1. The molecule has 0 saturated carbocycles.